The molecule has 238 valence electrons. The predicted molar refractivity (Wildman–Crippen MR) is 151 cm³/mol. The van der Waals surface area contributed by atoms with Gasteiger partial charge in [-0.05, 0) is 39.0 Å². The summed E-state index contributed by atoms with van der Waals surface area (Å²) in [5.74, 6) is -2.61. The molecular formula is C28H35FN6O9. The first-order valence-corrected chi connectivity index (χ1v) is 13.8. The summed E-state index contributed by atoms with van der Waals surface area (Å²) in [7, 11) is 1.83. The van der Waals surface area contributed by atoms with E-state index in [9.17, 15) is 24.0 Å². The highest BCUT2D eigenvalue weighted by molar-refractivity contribution is 5.92. The van der Waals surface area contributed by atoms with Crippen molar-refractivity contribution in [2.24, 2.45) is 7.05 Å². The lowest BCUT2D eigenvalue weighted by Crippen LogP contribution is -2.42. The van der Waals surface area contributed by atoms with E-state index in [1.165, 1.54) is 11.0 Å². The Morgan fingerprint density at radius 3 is 2.52 bits per heavy atom. The fraction of sp³-hybridized carbons (Fsp3) is 0.500. The molecule has 1 saturated heterocycles. The number of aryl methyl sites for hydroxylation is 1. The van der Waals surface area contributed by atoms with E-state index in [0.717, 1.165) is 18.2 Å². The molecule has 0 aliphatic carbocycles. The van der Waals surface area contributed by atoms with Crippen LogP contribution in [0.1, 0.15) is 39.0 Å². The van der Waals surface area contributed by atoms with E-state index in [2.05, 4.69) is 10.4 Å². The molecule has 16 heteroatoms. The molecule has 1 N–H and O–H groups in total. The summed E-state index contributed by atoms with van der Waals surface area (Å²) in [4.78, 5) is 64.5. The van der Waals surface area contributed by atoms with Crippen molar-refractivity contribution in [1.29, 1.82) is 0 Å². The SMILES string of the molecule is CC(=O)N(C[C@H]1CN(c2ccc(N3Cc4cn(C)nc4C3)c(F)c2)C(=O)O1)C(=O)OCOC(=O)CNCC(=O)OC(C)(C)C. The third kappa shape index (κ3) is 8.21. The Bertz CT molecular complexity index is 1420. The lowest BCUT2D eigenvalue weighted by molar-refractivity contribution is -0.154. The molecule has 1 fully saturated rings. The number of hydrogen-bond acceptors (Lipinski definition) is 12. The molecule has 3 heterocycles. The first-order valence-electron chi connectivity index (χ1n) is 13.8. The van der Waals surface area contributed by atoms with E-state index in [4.69, 9.17) is 18.9 Å². The highest BCUT2D eigenvalue weighted by atomic mass is 19.1. The van der Waals surface area contributed by atoms with Crippen molar-refractivity contribution in [3.05, 3.63) is 41.5 Å². The number of anilines is 2. The number of ether oxygens (including phenoxy) is 4. The maximum Gasteiger partial charge on any atom is 0.419 e. The van der Waals surface area contributed by atoms with E-state index in [-0.39, 0.29) is 31.9 Å². The van der Waals surface area contributed by atoms with Crippen LogP contribution in [-0.2, 0) is 53.5 Å². The Morgan fingerprint density at radius 1 is 1.14 bits per heavy atom. The molecule has 0 bridgehead atoms. The van der Waals surface area contributed by atoms with E-state index < -0.39 is 54.3 Å². The summed E-state index contributed by atoms with van der Waals surface area (Å²) in [6, 6.07) is 4.39. The van der Waals surface area contributed by atoms with Gasteiger partial charge in [0.2, 0.25) is 12.7 Å². The third-order valence-electron chi connectivity index (χ3n) is 6.50. The molecule has 2 aliphatic heterocycles. The van der Waals surface area contributed by atoms with Gasteiger partial charge in [0.1, 0.15) is 17.5 Å². The van der Waals surface area contributed by atoms with Crippen molar-refractivity contribution in [2.45, 2.75) is 52.5 Å². The Hall–Kier alpha value is -4.73. The number of imide groups is 1. The molecule has 0 saturated carbocycles. The number of nitrogens with one attached hydrogen (secondary N) is 1. The van der Waals surface area contributed by atoms with Gasteiger partial charge in [-0.25, -0.2) is 18.9 Å². The van der Waals surface area contributed by atoms with Crippen LogP contribution in [0.15, 0.2) is 24.4 Å². The monoisotopic (exact) mass is 618 g/mol. The van der Waals surface area contributed by atoms with Crippen molar-refractivity contribution in [3.8, 4) is 0 Å². The minimum Gasteiger partial charge on any atom is -0.459 e. The van der Waals surface area contributed by atoms with Gasteiger partial charge in [-0.3, -0.25) is 29.3 Å². The maximum absolute atomic E-state index is 15.1. The average Bonchev–Trinajstić information content (AvgIpc) is 3.58. The lowest BCUT2D eigenvalue weighted by Gasteiger charge is -2.22. The number of carbonyl (C=O) groups is 5. The fourth-order valence-electron chi connectivity index (χ4n) is 4.66. The van der Waals surface area contributed by atoms with Gasteiger partial charge < -0.3 is 23.8 Å². The van der Waals surface area contributed by atoms with Crippen LogP contribution in [0.5, 0.6) is 0 Å². The number of aromatic nitrogens is 2. The quantitative estimate of drug-likeness (QED) is 0.234. The number of rotatable bonds is 10. The van der Waals surface area contributed by atoms with Crippen LogP contribution in [0, 0.1) is 5.82 Å². The predicted octanol–water partition coefficient (Wildman–Crippen LogP) is 1.82. The van der Waals surface area contributed by atoms with Crippen LogP contribution in [-0.4, -0.2) is 89.4 Å². The minimum absolute atomic E-state index is 0.0628. The third-order valence-corrected chi connectivity index (χ3v) is 6.50. The second-order valence-corrected chi connectivity index (χ2v) is 11.2. The molecule has 15 nitrogen and oxygen atoms in total. The number of amides is 3. The standard InChI is InChI=1S/C28H35FN6O9/c1-17(36)34(26(39)42-16-41-24(37)9-30-10-25(38)44-28(2,3)4)13-20-14-35(27(40)43-20)19-6-7-23(21(29)8-19)33-12-18-11-32(5)31-22(18)15-33/h6-8,11,20,30H,9-10,12-16H2,1-5H3/t20-/m0/s1. The van der Waals surface area contributed by atoms with Gasteiger partial charge in [0.15, 0.2) is 0 Å². The number of cyclic esters (lactones) is 1. The minimum atomic E-state index is -1.13. The van der Waals surface area contributed by atoms with Crippen LogP contribution in [0.3, 0.4) is 0 Å². The van der Waals surface area contributed by atoms with Crippen molar-refractivity contribution in [1.82, 2.24) is 20.0 Å². The number of halogens is 1. The largest absolute Gasteiger partial charge is 0.459 e. The van der Waals surface area contributed by atoms with Gasteiger partial charge >= 0.3 is 24.1 Å². The smallest absolute Gasteiger partial charge is 0.419 e. The van der Waals surface area contributed by atoms with Gasteiger partial charge in [0, 0.05) is 32.3 Å². The van der Waals surface area contributed by atoms with Crippen LogP contribution in [0.2, 0.25) is 0 Å². The molecule has 2 aliphatic rings. The summed E-state index contributed by atoms with van der Waals surface area (Å²) in [6.07, 6.45) is -0.937. The first kappa shape index (κ1) is 32.2. The van der Waals surface area contributed by atoms with E-state index in [0.29, 0.717) is 23.7 Å². The highest BCUT2D eigenvalue weighted by Gasteiger charge is 2.36. The summed E-state index contributed by atoms with van der Waals surface area (Å²) in [6.45, 7) is 5.41. The van der Waals surface area contributed by atoms with Crippen molar-refractivity contribution in [2.75, 3.05) is 42.8 Å². The normalized spacial score (nSPS) is 16.0. The molecule has 1 aromatic heterocycles. The number of hydrogen-bond donors (Lipinski definition) is 1. The van der Waals surface area contributed by atoms with Gasteiger partial charge in [0.05, 0.1) is 49.8 Å². The number of benzene rings is 1. The van der Waals surface area contributed by atoms with Gasteiger partial charge in [-0.1, -0.05) is 0 Å². The fourth-order valence-corrected chi connectivity index (χ4v) is 4.66. The summed E-state index contributed by atoms with van der Waals surface area (Å²) >= 11 is 0. The van der Waals surface area contributed by atoms with Gasteiger partial charge in [0.25, 0.3) is 0 Å². The van der Waals surface area contributed by atoms with Crippen molar-refractivity contribution in [3.63, 3.8) is 0 Å². The van der Waals surface area contributed by atoms with Crippen molar-refractivity contribution >= 4 is 41.4 Å². The highest BCUT2D eigenvalue weighted by Crippen LogP contribution is 2.32. The van der Waals surface area contributed by atoms with E-state index in [1.807, 2.05) is 18.1 Å². The van der Waals surface area contributed by atoms with Crippen molar-refractivity contribution < 1.29 is 47.3 Å². The zero-order chi connectivity index (χ0) is 32.2. The molecule has 44 heavy (non-hydrogen) atoms. The molecular weight excluding hydrogens is 583 g/mol. The Labute approximate surface area is 252 Å². The maximum atomic E-state index is 15.1. The van der Waals surface area contributed by atoms with Gasteiger partial charge in [-0.15, -0.1) is 0 Å². The summed E-state index contributed by atoms with van der Waals surface area (Å²) in [5.41, 5.74) is 1.83. The average molecular weight is 619 g/mol. The molecule has 1 aromatic carbocycles. The van der Waals surface area contributed by atoms with E-state index >= 15 is 4.39 Å². The molecule has 2 aromatic rings. The number of nitrogens with zero attached hydrogens (tertiary/aromatic N) is 5. The summed E-state index contributed by atoms with van der Waals surface area (Å²) < 4.78 is 36.9. The Morgan fingerprint density at radius 2 is 1.86 bits per heavy atom. The van der Waals surface area contributed by atoms with Gasteiger partial charge in [-0.2, -0.15) is 5.10 Å². The number of esters is 2. The molecule has 0 unspecified atom stereocenters. The lowest BCUT2D eigenvalue weighted by atomic mass is 10.2. The number of fused-ring (bicyclic) bond motifs is 1. The first-order chi connectivity index (χ1) is 20.7. The molecule has 0 spiro atoms. The molecule has 1 atom stereocenters. The number of carbonyl (C=O) groups excluding carboxylic acids is 5. The summed E-state index contributed by atoms with van der Waals surface area (Å²) in [5, 5.41) is 6.92. The van der Waals surface area contributed by atoms with Crippen LogP contribution in [0.4, 0.5) is 25.4 Å². The zero-order valence-corrected chi connectivity index (χ0v) is 25.1. The van der Waals surface area contributed by atoms with Crippen LogP contribution in [0.25, 0.3) is 0 Å². The zero-order valence-electron chi connectivity index (χ0n) is 25.1. The molecule has 4 rings (SSSR count). The van der Waals surface area contributed by atoms with Crippen LogP contribution >= 0.6 is 0 Å². The second kappa shape index (κ2) is 13.3. The second-order valence-electron chi connectivity index (χ2n) is 11.2. The Balaban J connectivity index is 1.24. The Kier molecular flexibility index (Phi) is 9.71. The van der Waals surface area contributed by atoms with E-state index in [1.54, 1.807) is 37.6 Å². The van der Waals surface area contributed by atoms with Crippen LogP contribution < -0.4 is 15.1 Å². The molecule has 3 amide bonds. The molecule has 0 radical (unpaired) electrons. The topological polar surface area (TPSA) is 162 Å².